The zero-order valence-corrected chi connectivity index (χ0v) is 12.9. The lowest BCUT2D eigenvalue weighted by atomic mass is 10.2. The number of ether oxygens (including phenoxy) is 2. The van der Waals surface area contributed by atoms with Crippen molar-refractivity contribution >= 4 is 17.6 Å². The standard InChI is InChI=1S/C16H17N3O4/c1-11-3-5-12(6-4-11)19-15(20)13-14(18-8-7-17-13)16(21)23-10-9-22-2/h3-8H,9-10H2,1-2H3,(H,19,20). The number of methoxy groups -OCH3 is 1. The van der Waals surface area contributed by atoms with Gasteiger partial charge in [0.1, 0.15) is 6.61 Å². The van der Waals surface area contributed by atoms with Crippen LogP contribution in [0.1, 0.15) is 26.5 Å². The van der Waals surface area contributed by atoms with Gasteiger partial charge in [-0.2, -0.15) is 0 Å². The summed E-state index contributed by atoms with van der Waals surface area (Å²) >= 11 is 0. The second-order valence-corrected chi connectivity index (χ2v) is 4.70. The first-order valence-corrected chi connectivity index (χ1v) is 6.97. The zero-order chi connectivity index (χ0) is 16.7. The predicted octanol–water partition coefficient (Wildman–Crippen LogP) is 1.84. The number of nitrogens with one attached hydrogen (secondary N) is 1. The minimum atomic E-state index is -0.718. The summed E-state index contributed by atoms with van der Waals surface area (Å²) in [6.45, 7) is 2.28. The average Bonchev–Trinajstić information content (AvgIpc) is 2.57. The fourth-order valence-corrected chi connectivity index (χ4v) is 1.77. The maximum Gasteiger partial charge on any atom is 0.359 e. The molecule has 7 heteroatoms. The van der Waals surface area contributed by atoms with Crippen molar-refractivity contribution in [3.05, 3.63) is 53.6 Å². The zero-order valence-electron chi connectivity index (χ0n) is 12.9. The highest BCUT2D eigenvalue weighted by Crippen LogP contribution is 2.12. The summed E-state index contributed by atoms with van der Waals surface area (Å²) in [4.78, 5) is 32.1. The predicted molar refractivity (Wildman–Crippen MR) is 83.3 cm³/mol. The van der Waals surface area contributed by atoms with Crippen LogP contribution in [-0.2, 0) is 9.47 Å². The highest BCUT2D eigenvalue weighted by atomic mass is 16.6. The number of anilines is 1. The first-order chi connectivity index (χ1) is 11.1. The van der Waals surface area contributed by atoms with Crippen molar-refractivity contribution in [3.63, 3.8) is 0 Å². The van der Waals surface area contributed by atoms with Crippen LogP contribution in [0.5, 0.6) is 0 Å². The van der Waals surface area contributed by atoms with Crippen molar-refractivity contribution in [3.8, 4) is 0 Å². The van der Waals surface area contributed by atoms with E-state index in [1.807, 2.05) is 19.1 Å². The summed E-state index contributed by atoms with van der Waals surface area (Å²) in [6.07, 6.45) is 2.67. The van der Waals surface area contributed by atoms with Gasteiger partial charge in [-0.3, -0.25) is 4.79 Å². The summed E-state index contributed by atoms with van der Waals surface area (Å²) in [5.41, 5.74) is 1.46. The summed E-state index contributed by atoms with van der Waals surface area (Å²) < 4.78 is 9.78. The Morgan fingerprint density at radius 2 is 1.70 bits per heavy atom. The van der Waals surface area contributed by atoms with E-state index in [1.165, 1.54) is 19.5 Å². The number of carbonyl (C=O) groups is 2. The molecule has 0 saturated heterocycles. The van der Waals surface area contributed by atoms with Crippen LogP contribution in [0, 0.1) is 6.92 Å². The van der Waals surface area contributed by atoms with Crippen LogP contribution in [0.3, 0.4) is 0 Å². The molecule has 0 aliphatic heterocycles. The maximum atomic E-state index is 12.3. The molecule has 1 N–H and O–H groups in total. The van der Waals surface area contributed by atoms with Gasteiger partial charge < -0.3 is 14.8 Å². The minimum absolute atomic E-state index is 0.0743. The van der Waals surface area contributed by atoms with Crippen molar-refractivity contribution in [2.24, 2.45) is 0 Å². The average molecular weight is 315 g/mol. The molecular formula is C16H17N3O4. The molecular weight excluding hydrogens is 298 g/mol. The Hall–Kier alpha value is -2.80. The Labute approximate surface area is 133 Å². The molecule has 0 aliphatic carbocycles. The van der Waals surface area contributed by atoms with Crippen molar-refractivity contribution in [2.75, 3.05) is 25.6 Å². The largest absolute Gasteiger partial charge is 0.458 e. The molecule has 0 unspecified atom stereocenters. The molecule has 2 rings (SSSR count). The van der Waals surface area contributed by atoms with Gasteiger partial charge in [0.15, 0.2) is 11.4 Å². The van der Waals surface area contributed by atoms with Gasteiger partial charge in [-0.25, -0.2) is 14.8 Å². The number of hydrogen-bond donors (Lipinski definition) is 1. The van der Waals surface area contributed by atoms with E-state index in [2.05, 4.69) is 15.3 Å². The lowest BCUT2D eigenvalue weighted by Crippen LogP contribution is -2.21. The van der Waals surface area contributed by atoms with Crippen LogP contribution in [0.25, 0.3) is 0 Å². The monoisotopic (exact) mass is 315 g/mol. The molecule has 0 atom stereocenters. The molecule has 1 heterocycles. The molecule has 1 aromatic carbocycles. The molecule has 7 nitrogen and oxygen atoms in total. The van der Waals surface area contributed by atoms with Gasteiger partial charge in [0, 0.05) is 25.2 Å². The normalized spacial score (nSPS) is 10.2. The van der Waals surface area contributed by atoms with Crippen LogP contribution >= 0.6 is 0 Å². The van der Waals surface area contributed by atoms with Gasteiger partial charge in [0.25, 0.3) is 5.91 Å². The molecule has 1 aromatic heterocycles. The summed E-state index contributed by atoms with van der Waals surface area (Å²) in [7, 11) is 1.50. The number of hydrogen-bond acceptors (Lipinski definition) is 6. The van der Waals surface area contributed by atoms with Gasteiger partial charge in [0.2, 0.25) is 0 Å². The van der Waals surface area contributed by atoms with E-state index in [0.29, 0.717) is 5.69 Å². The van der Waals surface area contributed by atoms with E-state index in [0.717, 1.165) is 5.56 Å². The van der Waals surface area contributed by atoms with Crippen LogP contribution in [0.15, 0.2) is 36.7 Å². The molecule has 1 amide bonds. The lowest BCUT2D eigenvalue weighted by molar-refractivity contribution is 0.0378. The topological polar surface area (TPSA) is 90.4 Å². The SMILES string of the molecule is COCCOC(=O)c1nccnc1C(=O)Nc1ccc(C)cc1. The second-order valence-electron chi connectivity index (χ2n) is 4.70. The molecule has 0 fully saturated rings. The molecule has 0 spiro atoms. The van der Waals surface area contributed by atoms with Crippen LogP contribution < -0.4 is 5.32 Å². The van der Waals surface area contributed by atoms with Crippen LogP contribution in [-0.4, -0.2) is 42.2 Å². The Bertz CT molecular complexity index is 686. The minimum Gasteiger partial charge on any atom is -0.458 e. The number of amides is 1. The Kier molecular flexibility index (Phi) is 5.76. The molecule has 0 radical (unpaired) electrons. The molecule has 0 bridgehead atoms. The second kappa shape index (κ2) is 8.00. The van der Waals surface area contributed by atoms with E-state index in [9.17, 15) is 9.59 Å². The number of nitrogens with zero attached hydrogens (tertiary/aromatic N) is 2. The highest BCUT2D eigenvalue weighted by molar-refractivity contribution is 6.08. The van der Waals surface area contributed by atoms with E-state index in [-0.39, 0.29) is 24.6 Å². The van der Waals surface area contributed by atoms with Gasteiger partial charge in [-0.1, -0.05) is 17.7 Å². The molecule has 23 heavy (non-hydrogen) atoms. The van der Waals surface area contributed by atoms with Gasteiger partial charge >= 0.3 is 5.97 Å². The maximum absolute atomic E-state index is 12.3. The van der Waals surface area contributed by atoms with E-state index in [1.54, 1.807) is 12.1 Å². The van der Waals surface area contributed by atoms with Crippen molar-refractivity contribution in [1.82, 2.24) is 9.97 Å². The smallest absolute Gasteiger partial charge is 0.359 e. The Morgan fingerprint density at radius 3 is 2.35 bits per heavy atom. The quantitative estimate of drug-likeness (QED) is 0.646. The Morgan fingerprint density at radius 1 is 1.04 bits per heavy atom. The molecule has 2 aromatic rings. The molecule has 0 aliphatic rings. The third-order valence-electron chi connectivity index (χ3n) is 2.94. The molecule has 0 saturated carbocycles. The van der Waals surface area contributed by atoms with E-state index >= 15 is 0 Å². The number of aromatic nitrogens is 2. The van der Waals surface area contributed by atoms with E-state index in [4.69, 9.17) is 9.47 Å². The number of aryl methyl sites for hydroxylation is 1. The third-order valence-corrected chi connectivity index (χ3v) is 2.94. The van der Waals surface area contributed by atoms with Crippen molar-refractivity contribution in [2.45, 2.75) is 6.92 Å². The van der Waals surface area contributed by atoms with Crippen LogP contribution in [0.4, 0.5) is 5.69 Å². The third kappa shape index (κ3) is 4.58. The van der Waals surface area contributed by atoms with Crippen molar-refractivity contribution in [1.29, 1.82) is 0 Å². The van der Waals surface area contributed by atoms with Gasteiger partial charge in [0.05, 0.1) is 6.61 Å². The van der Waals surface area contributed by atoms with Gasteiger partial charge in [-0.15, -0.1) is 0 Å². The van der Waals surface area contributed by atoms with Crippen LogP contribution in [0.2, 0.25) is 0 Å². The summed E-state index contributed by atoms with van der Waals surface area (Å²) in [5.74, 6) is -1.25. The summed E-state index contributed by atoms with van der Waals surface area (Å²) in [5, 5.41) is 2.67. The van der Waals surface area contributed by atoms with Crippen molar-refractivity contribution < 1.29 is 19.1 Å². The number of benzene rings is 1. The van der Waals surface area contributed by atoms with E-state index < -0.39 is 11.9 Å². The first-order valence-electron chi connectivity index (χ1n) is 6.97. The molecule has 120 valence electrons. The number of carbonyl (C=O) groups excluding carboxylic acids is 2. The lowest BCUT2D eigenvalue weighted by Gasteiger charge is -2.08. The summed E-state index contributed by atoms with van der Waals surface area (Å²) in [6, 6.07) is 7.26. The first kappa shape index (κ1) is 16.6. The Balaban J connectivity index is 2.13. The fraction of sp³-hybridized carbons (Fsp3) is 0.250. The number of esters is 1. The number of rotatable bonds is 6. The highest BCUT2D eigenvalue weighted by Gasteiger charge is 2.21. The fourth-order valence-electron chi connectivity index (χ4n) is 1.77. The van der Waals surface area contributed by atoms with Gasteiger partial charge in [-0.05, 0) is 19.1 Å².